The molecule has 4 nitrogen and oxygen atoms in total. The molecule has 1 N–H and O–H groups in total. The van der Waals surface area contributed by atoms with Gasteiger partial charge < -0.3 is 14.8 Å². The topological polar surface area (TPSA) is 47.6 Å². The molecule has 0 aromatic heterocycles. The quantitative estimate of drug-likeness (QED) is 0.739. The highest BCUT2D eigenvalue weighted by Gasteiger charge is 2.19. The van der Waals surface area contributed by atoms with Crippen molar-refractivity contribution in [2.24, 2.45) is 0 Å². The maximum atomic E-state index is 11.2. The fourth-order valence-corrected chi connectivity index (χ4v) is 1.32. The van der Waals surface area contributed by atoms with Crippen molar-refractivity contribution in [1.29, 1.82) is 0 Å². The third kappa shape index (κ3) is 4.46. The summed E-state index contributed by atoms with van der Waals surface area (Å²) in [7, 11) is 0. The van der Waals surface area contributed by atoms with E-state index in [2.05, 4.69) is 5.32 Å². The van der Waals surface area contributed by atoms with Crippen LogP contribution in [-0.4, -0.2) is 30.9 Å². The zero-order valence-electron chi connectivity index (χ0n) is 9.13. The summed E-state index contributed by atoms with van der Waals surface area (Å²) in [4.78, 5) is 11.2. The van der Waals surface area contributed by atoms with Crippen LogP contribution in [0.2, 0.25) is 0 Å². The van der Waals surface area contributed by atoms with E-state index < -0.39 is 5.60 Å². The maximum absolute atomic E-state index is 11.2. The van der Waals surface area contributed by atoms with Crippen molar-refractivity contribution in [2.75, 3.05) is 13.2 Å². The highest BCUT2D eigenvalue weighted by Crippen LogP contribution is 2.11. The van der Waals surface area contributed by atoms with Crippen molar-refractivity contribution >= 4 is 6.09 Å². The molecule has 0 saturated carbocycles. The smallest absolute Gasteiger partial charge is 0.407 e. The van der Waals surface area contributed by atoms with Crippen LogP contribution < -0.4 is 5.32 Å². The number of hydrogen-bond donors (Lipinski definition) is 1. The van der Waals surface area contributed by atoms with Gasteiger partial charge in [0.2, 0.25) is 0 Å². The summed E-state index contributed by atoms with van der Waals surface area (Å²) < 4.78 is 10.5. The highest BCUT2D eigenvalue weighted by atomic mass is 16.6. The van der Waals surface area contributed by atoms with Crippen LogP contribution in [0.4, 0.5) is 4.79 Å². The zero-order chi connectivity index (χ0) is 10.6. The number of hydrogen-bond acceptors (Lipinski definition) is 3. The molecule has 0 spiro atoms. The molecule has 0 bridgehead atoms. The van der Waals surface area contributed by atoms with Gasteiger partial charge in [0.25, 0.3) is 0 Å². The molecule has 0 unspecified atom stereocenters. The molecule has 1 saturated heterocycles. The lowest BCUT2D eigenvalue weighted by Gasteiger charge is -2.20. The number of alkyl carbamates (subject to hydrolysis) is 1. The number of nitrogens with one attached hydrogen (secondary N) is 1. The Bertz CT molecular complexity index is 192. The van der Waals surface area contributed by atoms with E-state index in [-0.39, 0.29) is 12.2 Å². The van der Waals surface area contributed by atoms with Gasteiger partial charge in [-0.15, -0.1) is 0 Å². The largest absolute Gasteiger partial charge is 0.444 e. The van der Waals surface area contributed by atoms with Crippen molar-refractivity contribution in [1.82, 2.24) is 5.32 Å². The Kier molecular flexibility index (Phi) is 3.75. The third-order valence-electron chi connectivity index (χ3n) is 1.90. The summed E-state index contributed by atoms with van der Waals surface area (Å²) in [6.45, 7) is 6.89. The first kappa shape index (κ1) is 11.3. The van der Waals surface area contributed by atoms with E-state index >= 15 is 0 Å². The van der Waals surface area contributed by atoms with Gasteiger partial charge >= 0.3 is 6.09 Å². The summed E-state index contributed by atoms with van der Waals surface area (Å²) >= 11 is 0. The second-order valence-corrected chi connectivity index (χ2v) is 4.52. The second kappa shape index (κ2) is 4.64. The highest BCUT2D eigenvalue weighted by molar-refractivity contribution is 5.67. The number of amides is 1. The number of ether oxygens (including phenoxy) is 2. The first-order valence-corrected chi connectivity index (χ1v) is 5.06. The monoisotopic (exact) mass is 201 g/mol. The van der Waals surface area contributed by atoms with E-state index in [9.17, 15) is 4.79 Å². The van der Waals surface area contributed by atoms with E-state index in [1.807, 2.05) is 20.8 Å². The molecule has 0 aromatic carbocycles. The summed E-state index contributed by atoms with van der Waals surface area (Å²) in [5.74, 6) is 0. The second-order valence-electron chi connectivity index (χ2n) is 4.52. The van der Waals surface area contributed by atoms with E-state index in [1.54, 1.807) is 0 Å². The molecule has 1 rings (SSSR count). The normalized spacial score (nSPS) is 22.1. The summed E-state index contributed by atoms with van der Waals surface area (Å²) in [5.41, 5.74) is -0.430. The molecule has 1 aliphatic heterocycles. The molecule has 0 aromatic rings. The fourth-order valence-electron chi connectivity index (χ4n) is 1.32. The van der Waals surface area contributed by atoms with Crippen LogP contribution in [0.5, 0.6) is 0 Å². The Morgan fingerprint density at radius 2 is 2.29 bits per heavy atom. The lowest BCUT2D eigenvalue weighted by molar-refractivity contribution is 0.0469. The van der Waals surface area contributed by atoms with Gasteiger partial charge in [-0.3, -0.25) is 0 Å². The molecule has 1 atom stereocenters. The van der Waals surface area contributed by atoms with E-state index in [0.29, 0.717) is 6.54 Å². The van der Waals surface area contributed by atoms with Gasteiger partial charge in [-0.1, -0.05) is 0 Å². The molecule has 1 aliphatic rings. The average molecular weight is 201 g/mol. The van der Waals surface area contributed by atoms with Crippen molar-refractivity contribution in [3.8, 4) is 0 Å². The SMILES string of the molecule is CC(C)(C)OC(=O)NC[C@@H]1CCCO1. The van der Waals surface area contributed by atoms with Crippen LogP contribution in [-0.2, 0) is 9.47 Å². The first-order chi connectivity index (χ1) is 6.47. The van der Waals surface area contributed by atoms with Crippen LogP contribution in [0.3, 0.4) is 0 Å². The minimum absolute atomic E-state index is 0.169. The predicted molar refractivity (Wildman–Crippen MR) is 53.2 cm³/mol. The van der Waals surface area contributed by atoms with Gasteiger partial charge in [0.15, 0.2) is 0 Å². The lowest BCUT2D eigenvalue weighted by atomic mass is 10.2. The minimum Gasteiger partial charge on any atom is -0.444 e. The Morgan fingerprint density at radius 1 is 1.57 bits per heavy atom. The molecule has 0 radical (unpaired) electrons. The van der Waals surface area contributed by atoms with Gasteiger partial charge in [-0.25, -0.2) is 4.79 Å². The van der Waals surface area contributed by atoms with E-state index in [0.717, 1.165) is 19.4 Å². The van der Waals surface area contributed by atoms with Gasteiger partial charge in [0.1, 0.15) is 5.60 Å². The maximum Gasteiger partial charge on any atom is 0.407 e. The van der Waals surface area contributed by atoms with Crippen LogP contribution in [0.15, 0.2) is 0 Å². The van der Waals surface area contributed by atoms with Crippen molar-refractivity contribution in [3.63, 3.8) is 0 Å². The molecule has 82 valence electrons. The minimum atomic E-state index is -0.430. The summed E-state index contributed by atoms with van der Waals surface area (Å²) in [6, 6.07) is 0. The van der Waals surface area contributed by atoms with Gasteiger partial charge in [0, 0.05) is 13.2 Å². The number of carbonyl (C=O) groups is 1. The Labute approximate surface area is 85.0 Å². The Balaban J connectivity index is 2.14. The molecule has 4 heteroatoms. The van der Waals surface area contributed by atoms with Crippen LogP contribution in [0.25, 0.3) is 0 Å². The van der Waals surface area contributed by atoms with Crippen LogP contribution in [0, 0.1) is 0 Å². The zero-order valence-corrected chi connectivity index (χ0v) is 9.13. The molecular formula is C10H19NO3. The van der Waals surface area contributed by atoms with E-state index in [1.165, 1.54) is 0 Å². The molecule has 14 heavy (non-hydrogen) atoms. The molecule has 1 amide bonds. The number of rotatable bonds is 2. The summed E-state index contributed by atoms with van der Waals surface area (Å²) in [6.07, 6.45) is 1.91. The third-order valence-corrected chi connectivity index (χ3v) is 1.90. The Hall–Kier alpha value is -0.770. The molecular weight excluding hydrogens is 182 g/mol. The van der Waals surface area contributed by atoms with Gasteiger partial charge in [-0.2, -0.15) is 0 Å². The number of carbonyl (C=O) groups excluding carboxylic acids is 1. The van der Waals surface area contributed by atoms with Crippen LogP contribution >= 0.6 is 0 Å². The van der Waals surface area contributed by atoms with Crippen molar-refractivity contribution < 1.29 is 14.3 Å². The predicted octanol–water partition coefficient (Wildman–Crippen LogP) is 1.69. The average Bonchev–Trinajstić information content (AvgIpc) is 2.49. The Morgan fingerprint density at radius 3 is 2.79 bits per heavy atom. The lowest BCUT2D eigenvalue weighted by Crippen LogP contribution is -2.36. The van der Waals surface area contributed by atoms with Gasteiger partial charge in [0.05, 0.1) is 6.10 Å². The molecule has 0 aliphatic carbocycles. The fraction of sp³-hybridized carbons (Fsp3) is 0.900. The van der Waals surface area contributed by atoms with Crippen LogP contribution in [0.1, 0.15) is 33.6 Å². The summed E-state index contributed by atoms with van der Waals surface area (Å²) in [5, 5.41) is 2.69. The van der Waals surface area contributed by atoms with Gasteiger partial charge in [-0.05, 0) is 33.6 Å². The van der Waals surface area contributed by atoms with Crippen molar-refractivity contribution in [2.45, 2.75) is 45.3 Å². The molecule has 1 heterocycles. The first-order valence-electron chi connectivity index (χ1n) is 5.06. The standard InChI is InChI=1S/C10H19NO3/c1-10(2,3)14-9(12)11-7-8-5-4-6-13-8/h8H,4-7H2,1-3H3,(H,11,12)/t8-/m0/s1. The van der Waals surface area contributed by atoms with Crippen molar-refractivity contribution in [3.05, 3.63) is 0 Å². The molecule has 1 fully saturated rings. The van der Waals surface area contributed by atoms with E-state index in [4.69, 9.17) is 9.47 Å².